The minimum Gasteiger partial charge on any atom is -0.479 e. The van der Waals surface area contributed by atoms with Crippen LogP contribution in [-0.4, -0.2) is 40.3 Å². The number of carboxylic acid groups (broad SMARTS) is 1. The van der Waals surface area contributed by atoms with E-state index in [1.165, 1.54) is 0 Å². The third-order valence-electron chi connectivity index (χ3n) is 1.48. The van der Waals surface area contributed by atoms with Gasteiger partial charge >= 0.3 is 5.97 Å². The molecule has 0 heterocycles. The van der Waals surface area contributed by atoms with Crippen LogP contribution in [0.3, 0.4) is 0 Å². The van der Waals surface area contributed by atoms with Crippen molar-refractivity contribution >= 4 is 11.8 Å². The highest BCUT2D eigenvalue weighted by molar-refractivity contribution is 5.91. The molecule has 0 spiro atoms. The molecular weight excluding hydrogens is 178 g/mol. The molecule has 0 rings (SSSR count). The zero-order valence-electron chi connectivity index (χ0n) is 6.93. The topological polar surface area (TPSA) is 153 Å². The van der Waals surface area contributed by atoms with E-state index < -0.39 is 36.5 Å². The number of ketones is 1. The Balaban J connectivity index is 4.28. The van der Waals surface area contributed by atoms with Crippen LogP contribution in [0, 0.1) is 0 Å². The second-order valence-corrected chi connectivity index (χ2v) is 2.78. The van der Waals surface area contributed by atoms with Crippen molar-refractivity contribution in [2.45, 2.75) is 18.1 Å². The molecule has 0 aromatic heterocycles. The van der Waals surface area contributed by atoms with Gasteiger partial charge in [-0.3, -0.25) is 4.79 Å². The highest BCUT2D eigenvalue weighted by atomic mass is 16.4. The van der Waals surface area contributed by atoms with E-state index in [0.717, 1.165) is 0 Å². The first-order valence-electron chi connectivity index (χ1n) is 3.51. The van der Waals surface area contributed by atoms with Gasteiger partial charge in [-0.05, 0) is 0 Å². The number of nitrogens with two attached hydrogens (primary N) is 3. The molecule has 1 atom stereocenters. The molecule has 0 aromatic rings. The zero-order valence-corrected chi connectivity index (χ0v) is 6.93. The number of carbonyl (C=O) groups excluding carboxylic acids is 1. The molecule has 7 heteroatoms. The molecule has 0 amide bonds. The summed E-state index contributed by atoms with van der Waals surface area (Å²) >= 11 is 0. The first-order valence-corrected chi connectivity index (χ1v) is 3.51. The van der Waals surface area contributed by atoms with Crippen molar-refractivity contribution in [1.82, 2.24) is 0 Å². The second kappa shape index (κ2) is 4.28. The summed E-state index contributed by atoms with van der Waals surface area (Å²) in [5, 5.41) is 16.9. The molecule has 8 N–H and O–H groups in total. The van der Waals surface area contributed by atoms with Gasteiger partial charge in [0.05, 0.1) is 19.1 Å². The molecule has 0 aliphatic heterocycles. The van der Waals surface area contributed by atoms with Crippen LogP contribution in [0.5, 0.6) is 0 Å². The van der Waals surface area contributed by atoms with E-state index in [0.29, 0.717) is 0 Å². The van der Waals surface area contributed by atoms with Crippen molar-refractivity contribution in [3.8, 4) is 0 Å². The Bertz CT molecular complexity index is 216. The Kier molecular flexibility index (Phi) is 3.95. The fourth-order valence-electron chi connectivity index (χ4n) is 0.597. The fraction of sp³-hybridized carbons (Fsp3) is 0.667. The number of hydrogen-bond acceptors (Lipinski definition) is 6. The van der Waals surface area contributed by atoms with E-state index in [9.17, 15) is 9.59 Å². The number of hydrogen-bond donors (Lipinski definition) is 5. The largest absolute Gasteiger partial charge is 0.479 e. The van der Waals surface area contributed by atoms with E-state index in [2.05, 4.69) is 0 Å². The van der Waals surface area contributed by atoms with Crippen molar-refractivity contribution in [2.75, 3.05) is 6.61 Å². The number of carbonyl (C=O) groups is 2. The predicted molar refractivity (Wildman–Crippen MR) is 43.4 cm³/mol. The van der Waals surface area contributed by atoms with Crippen LogP contribution in [-0.2, 0) is 9.59 Å². The van der Waals surface area contributed by atoms with Gasteiger partial charge in [0, 0.05) is 0 Å². The van der Waals surface area contributed by atoms with E-state index in [1.54, 1.807) is 0 Å². The Morgan fingerprint density at radius 2 is 1.85 bits per heavy atom. The SMILES string of the molecule is N[C@@H](CO)C(=O)CC(N)(N)C(=O)O. The molecule has 0 aliphatic carbocycles. The van der Waals surface area contributed by atoms with Crippen LogP contribution in [0.25, 0.3) is 0 Å². The zero-order chi connectivity index (χ0) is 10.6. The van der Waals surface area contributed by atoms with Crippen LogP contribution in [0.15, 0.2) is 0 Å². The average molecular weight is 191 g/mol. The standard InChI is InChI=1S/C6H13N3O4/c7-3(2-10)4(11)1-6(8,9)5(12)13/h3,10H,1-2,7-9H2,(H,12,13)/t3-/m0/s1. The summed E-state index contributed by atoms with van der Waals surface area (Å²) < 4.78 is 0. The van der Waals surface area contributed by atoms with Crippen LogP contribution >= 0.6 is 0 Å². The van der Waals surface area contributed by atoms with Crippen molar-refractivity contribution in [2.24, 2.45) is 17.2 Å². The van der Waals surface area contributed by atoms with E-state index in [1.807, 2.05) is 0 Å². The summed E-state index contributed by atoms with van der Waals surface area (Å²) in [4.78, 5) is 21.3. The van der Waals surface area contributed by atoms with Gasteiger partial charge in [-0.1, -0.05) is 0 Å². The fourth-order valence-corrected chi connectivity index (χ4v) is 0.597. The summed E-state index contributed by atoms with van der Waals surface area (Å²) in [6, 6.07) is -1.13. The second-order valence-electron chi connectivity index (χ2n) is 2.78. The normalized spacial score (nSPS) is 13.8. The smallest absolute Gasteiger partial charge is 0.338 e. The first-order chi connectivity index (χ1) is 5.81. The molecule has 0 aromatic carbocycles. The minimum atomic E-state index is -2.12. The Labute approximate surface area is 74.5 Å². The summed E-state index contributed by atoms with van der Waals surface area (Å²) in [6.45, 7) is -0.561. The molecule has 0 fully saturated rings. The molecule has 0 saturated heterocycles. The number of aliphatic hydroxyl groups is 1. The van der Waals surface area contributed by atoms with Crippen molar-refractivity contribution in [3.63, 3.8) is 0 Å². The Morgan fingerprint density at radius 3 is 2.15 bits per heavy atom. The van der Waals surface area contributed by atoms with Crippen molar-refractivity contribution in [3.05, 3.63) is 0 Å². The third kappa shape index (κ3) is 3.47. The lowest BCUT2D eigenvalue weighted by atomic mass is 10.0. The van der Waals surface area contributed by atoms with Gasteiger partial charge in [-0.2, -0.15) is 0 Å². The van der Waals surface area contributed by atoms with Crippen LogP contribution in [0.1, 0.15) is 6.42 Å². The Morgan fingerprint density at radius 1 is 1.38 bits per heavy atom. The number of aliphatic carboxylic acids is 1. The maximum Gasteiger partial charge on any atom is 0.338 e. The van der Waals surface area contributed by atoms with E-state index >= 15 is 0 Å². The monoisotopic (exact) mass is 191 g/mol. The highest BCUT2D eigenvalue weighted by Gasteiger charge is 2.33. The summed E-state index contributed by atoms with van der Waals surface area (Å²) in [5.41, 5.74) is 13.1. The maximum absolute atomic E-state index is 11.0. The van der Waals surface area contributed by atoms with Gasteiger partial charge in [0.1, 0.15) is 0 Å². The van der Waals surface area contributed by atoms with Gasteiger partial charge in [0.25, 0.3) is 0 Å². The number of carboxylic acids is 1. The van der Waals surface area contributed by atoms with Gasteiger partial charge < -0.3 is 27.4 Å². The third-order valence-corrected chi connectivity index (χ3v) is 1.48. The first kappa shape index (κ1) is 12.0. The maximum atomic E-state index is 11.0. The van der Waals surface area contributed by atoms with Crippen molar-refractivity contribution in [1.29, 1.82) is 0 Å². The number of rotatable bonds is 5. The molecule has 7 nitrogen and oxygen atoms in total. The minimum absolute atomic E-state index is 0.561. The van der Waals surface area contributed by atoms with Gasteiger partial charge in [0.2, 0.25) is 0 Å². The van der Waals surface area contributed by atoms with Gasteiger partial charge in [-0.15, -0.1) is 0 Å². The van der Waals surface area contributed by atoms with Crippen molar-refractivity contribution < 1.29 is 19.8 Å². The van der Waals surface area contributed by atoms with Crippen LogP contribution in [0.4, 0.5) is 0 Å². The lowest BCUT2D eigenvalue weighted by molar-refractivity contribution is -0.145. The van der Waals surface area contributed by atoms with Gasteiger partial charge in [-0.25, -0.2) is 4.79 Å². The molecule has 0 radical (unpaired) electrons. The lowest BCUT2D eigenvalue weighted by Crippen LogP contribution is -2.59. The lowest BCUT2D eigenvalue weighted by Gasteiger charge is -2.19. The molecule has 0 bridgehead atoms. The van der Waals surface area contributed by atoms with E-state index in [4.69, 9.17) is 27.4 Å². The summed E-state index contributed by atoms with van der Waals surface area (Å²) in [7, 11) is 0. The van der Waals surface area contributed by atoms with E-state index in [-0.39, 0.29) is 0 Å². The molecule has 13 heavy (non-hydrogen) atoms. The summed E-state index contributed by atoms with van der Waals surface area (Å²) in [6.07, 6.45) is -0.607. The quantitative estimate of drug-likeness (QED) is 0.289. The molecule has 0 unspecified atom stereocenters. The predicted octanol–water partition coefficient (Wildman–Crippen LogP) is -3.04. The van der Waals surface area contributed by atoms with Gasteiger partial charge in [0.15, 0.2) is 11.4 Å². The average Bonchev–Trinajstić information content (AvgIpc) is 2.01. The molecule has 0 aliphatic rings. The summed E-state index contributed by atoms with van der Waals surface area (Å²) in [5.74, 6) is -2.18. The molecule has 0 saturated carbocycles. The number of aliphatic hydroxyl groups excluding tert-OH is 1. The molecule has 76 valence electrons. The van der Waals surface area contributed by atoms with Crippen LogP contribution in [0.2, 0.25) is 0 Å². The number of Topliss-reactive ketones (excluding diaryl/α,β-unsaturated/α-hetero) is 1. The highest BCUT2D eigenvalue weighted by Crippen LogP contribution is 2.01. The van der Waals surface area contributed by atoms with Crippen LogP contribution < -0.4 is 17.2 Å². The Hall–Kier alpha value is -1.02. The molecular formula is C6H13N3O4.